The summed E-state index contributed by atoms with van der Waals surface area (Å²) < 4.78 is 19.1. The molecule has 1 fully saturated rings. The van der Waals surface area contributed by atoms with Crippen LogP contribution in [0.25, 0.3) is 11.4 Å². The van der Waals surface area contributed by atoms with Crippen LogP contribution in [0.5, 0.6) is 0 Å². The molecule has 0 unspecified atom stereocenters. The van der Waals surface area contributed by atoms with E-state index in [1.165, 1.54) is 21.8 Å². The van der Waals surface area contributed by atoms with Gasteiger partial charge < -0.3 is 15.0 Å². The second kappa shape index (κ2) is 12.5. The van der Waals surface area contributed by atoms with Crippen LogP contribution in [0.3, 0.4) is 0 Å². The molecule has 0 radical (unpaired) electrons. The number of nitrogens with one attached hydrogen (secondary N) is 1. The zero-order valence-electron chi connectivity index (χ0n) is 21.1. The highest BCUT2D eigenvalue weighted by atomic mass is 19.1. The Kier molecular flexibility index (Phi) is 8.89. The molecule has 4 rings (SSSR count). The number of halogens is 1. The summed E-state index contributed by atoms with van der Waals surface area (Å²) >= 11 is 0. The van der Waals surface area contributed by atoms with Crippen molar-refractivity contribution in [2.75, 3.05) is 19.7 Å². The molecule has 3 aromatic rings. The number of ether oxygens (including phenoxy) is 1. The van der Waals surface area contributed by atoms with Gasteiger partial charge in [-0.3, -0.25) is 14.6 Å². The molecule has 1 N–H and O–H groups in total. The van der Waals surface area contributed by atoms with Crippen LogP contribution in [0.1, 0.15) is 44.7 Å². The third-order valence-corrected chi connectivity index (χ3v) is 6.18. The molecule has 2 aromatic heterocycles. The van der Waals surface area contributed by atoms with E-state index in [2.05, 4.69) is 39.6 Å². The van der Waals surface area contributed by atoms with Gasteiger partial charge in [0.1, 0.15) is 18.4 Å². The van der Waals surface area contributed by atoms with Crippen LogP contribution < -0.4 is 5.32 Å². The van der Waals surface area contributed by atoms with E-state index in [0.29, 0.717) is 30.2 Å². The van der Waals surface area contributed by atoms with Gasteiger partial charge in [-0.2, -0.15) is 4.80 Å². The van der Waals surface area contributed by atoms with Crippen LogP contribution in [0, 0.1) is 11.7 Å². The minimum atomic E-state index is -0.869. The first-order chi connectivity index (χ1) is 17.9. The van der Waals surface area contributed by atoms with Gasteiger partial charge in [0, 0.05) is 37.7 Å². The van der Waals surface area contributed by atoms with Crippen LogP contribution >= 0.6 is 0 Å². The number of hydrogen-bond acceptors (Lipinski definition) is 7. The summed E-state index contributed by atoms with van der Waals surface area (Å²) in [6.45, 7) is 5.34. The summed E-state index contributed by atoms with van der Waals surface area (Å²) in [6, 6.07) is 8.31. The van der Waals surface area contributed by atoms with Crippen LogP contribution in [0.2, 0.25) is 0 Å². The average Bonchev–Trinajstić information content (AvgIpc) is 3.57. The molecule has 196 valence electrons. The predicted octanol–water partition coefficient (Wildman–Crippen LogP) is 2.79. The van der Waals surface area contributed by atoms with Crippen LogP contribution in [-0.4, -0.2) is 67.7 Å². The molecule has 1 aliphatic heterocycles. The van der Waals surface area contributed by atoms with Gasteiger partial charge in [0.2, 0.25) is 17.6 Å². The van der Waals surface area contributed by atoms with Crippen molar-refractivity contribution >= 4 is 11.8 Å². The number of pyridine rings is 1. The van der Waals surface area contributed by atoms with E-state index >= 15 is 0 Å². The van der Waals surface area contributed by atoms with Crippen LogP contribution in [0.15, 0.2) is 48.8 Å². The van der Waals surface area contributed by atoms with Crippen molar-refractivity contribution in [2.45, 2.75) is 51.8 Å². The van der Waals surface area contributed by atoms with Crippen molar-refractivity contribution in [3.8, 4) is 11.4 Å². The second-order valence-electron chi connectivity index (χ2n) is 9.49. The molecule has 2 amide bonds. The molecule has 1 saturated heterocycles. The lowest BCUT2D eigenvalue weighted by Crippen LogP contribution is -2.48. The summed E-state index contributed by atoms with van der Waals surface area (Å²) in [5.74, 6) is -0.283. The zero-order chi connectivity index (χ0) is 26.2. The molecule has 0 bridgehead atoms. The molecular formula is C26H32FN7O3. The zero-order valence-corrected chi connectivity index (χ0v) is 21.1. The number of aromatic nitrogens is 5. The normalized spacial score (nSPS) is 16.1. The third kappa shape index (κ3) is 7.16. The summed E-state index contributed by atoms with van der Waals surface area (Å²) in [5.41, 5.74) is 1.23. The van der Waals surface area contributed by atoms with Gasteiger partial charge in [-0.1, -0.05) is 13.8 Å². The van der Waals surface area contributed by atoms with Gasteiger partial charge in [-0.25, -0.2) is 4.39 Å². The molecular weight excluding hydrogens is 477 g/mol. The summed E-state index contributed by atoms with van der Waals surface area (Å²) in [5, 5.41) is 15.3. The molecule has 1 aromatic carbocycles. The first-order valence-corrected chi connectivity index (χ1v) is 12.5. The number of amides is 2. The Balaban J connectivity index is 1.58. The number of carbonyl (C=O) groups is 2. The van der Waals surface area contributed by atoms with E-state index in [1.54, 1.807) is 36.7 Å². The number of carbonyl (C=O) groups excluding carboxylic acids is 2. The number of tetrazole rings is 1. The largest absolute Gasteiger partial charge is 0.376 e. The quantitative estimate of drug-likeness (QED) is 0.423. The standard InChI is InChI=1S/C26H32FN7O3/c1-18(2)9-14-29-26(36)24(19-10-12-28-13-11-19)33(16-22-4-3-15-37-22)23(35)17-34-31-25(30-32-34)20-5-7-21(27)8-6-20/h5-8,10-13,18,22,24H,3-4,9,14-17H2,1-2H3,(H,29,36)/t22-,24-/m0/s1. The highest BCUT2D eigenvalue weighted by Gasteiger charge is 2.34. The number of rotatable bonds is 11. The maximum Gasteiger partial charge on any atom is 0.247 e. The lowest BCUT2D eigenvalue weighted by Gasteiger charge is -2.33. The van der Waals surface area contributed by atoms with Gasteiger partial charge in [-0.05, 0) is 72.4 Å². The number of nitrogens with zero attached hydrogens (tertiary/aromatic N) is 6. The summed E-state index contributed by atoms with van der Waals surface area (Å²) in [6.07, 6.45) is 5.56. The minimum absolute atomic E-state index is 0.171. The number of benzene rings is 1. The predicted molar refractivity (Wildman–Crippen MR) is 133 cm³/mol. The minimum Gasteiger partial charge on any atom is -0.376 e. The molecule has 3 heterocycles. The first kappa shape index (κ1) is 26.3. The van der Waals surface area contributed by atoms with E-state index in [1.807, 2.05) is 0 Å². The maximum absolute atomic E-state index is 13.7. The van der Waals surface area contributed by atoms with Crippen molar-refractivity contribution in [1.29, 1.82) is 0 Å². The fraction of sp³-hybridized carbons (Fsp3) is 0.462. The highest BCUT2D eigenvalue weighted by molar-refractivity contribution is 5.88. The Morgan fingerprint density at radius 2 is 1.95 bits per heavy atom. The van der Waals surface area contributed by atoms with Crippen LogP contribution in [-0.2, 0) is 20.9 Å². The van der Waals surface area contributed by atoms with Crippen molar-refractivity contribution in [3.05, 3.63) is 60.2 Å². The Bertz CT molecular complexity index is 1160. The Morgan fingerprint density at radius 1 is 1.19 bits per heavy atom. The molecule has 37 heavy (non-hydrogen) atoms. The third-order valence-electron chi connectivity index (χ3n) is 6.18. The monoisotopic (exact) mass is 509 g/mol. The highest BCUT2D eigenvalue weighted by Crippen LogP contribution is 2.25. The molecule has 1 aliphatic rings. The second-order valence-corrected chi connectivity index (χ2v) is 9.49. The Hall–Kier alpha value is -3.73. The summed E-state index contributed by atoms with van der Waals surface area (Å²) in [7, 11) is 0. The van der Waals surface area contributed by atoms with Crippen molar-refractivity contribution in [2.24, 2.45) is 5.92 Å². The van der Waals surface area contributed by atoms with Crippen molar-refractivity contribution < 1.29 is 18.7 Å². The van der Waals surface area contributed by atoms with Crippen LogP contribution in [0.4, 0.5) is 4.39 Å². The van der Waals surface area contributed by atoms with Gasteiger partial charge in [0.25, 0.3) is 0 Å². The van der Waals surface area contributed by atoms with E-state index in [4.69, 9.17) is 4.74 Å². The Morgan fingerprint density at radius 3 is 2.62 bits per heavy atom. The Labute approximate surface area is 215 Å². The average molecular weight is 510 g/mol. The molecule has 2 atom stereocenters. The topological polar surface area (TPSA) is 115 Å². The van der Waals surface area contributed by atoms with Gasteiger partial charge >= 0.3 is 0 Å². The van der Waals surface area contributed by atoms with Gasteiger partial charge in [0.05, 0.1) is 6.10 Å². The van der Waals surface area contributed by atoms with E-state index in [-0.39, 0.29) is 42.6 Å². The molecule has 0 spiro atoms. The molecule has 11 heteroatoms. The molecule has 0 saturated carbocycles. The maximum atomic E-state index is 13.7. The van der Waals surface area contributed by atoms with Crippen molar-refractivity contribution in [3.63, 3.8) is 0 Å². The lowest BCUT2D eigenvalue weighted by molar-refractivity contribution is -0.143. The SMILES string of the molecule is CC(C)CCNC(=O)[C@H](c1ccncc1)N(C[C@@H]1CCCO1)C(=O)Cn1nnc(-c2ccc(F)cc2)n1. The smallest absolute Gasteiger partial charge is 0.247 e. The van der Waals surface area contributed by atoms with E-state index < -0.39 is 6.04 Å². The lowest BCUT2D eigenvalue weighted by atomic mass is 10.0. The first-order valence-electron chi connectivity index (χ1n) is 12.5. The molecule has 10 nitrogen and oxygen atoms in total. The van der Waals surface area contributed by atoms with E-state index in [9.17, 15) is 14.0 Å². The van der Waals surface area contributed by atoms with E-state index in [0.717, 1.165) is 19.3 Å². The van der Waals surface area contributed by atoms with Gasteiger partial charge in [-0.15, -0.1) is 10.2 Å². The summed E-state index contributed by atoms with van der Waals surface area (Å²) in [4.78, 5) is 33.9. The number of hydrogen-bond donors (Lipinski definition) is 1. The van der Waals surface area contributed by atoms with Gasteiger partial charge in [0.15, 0.2) is 0 Å². The van der Waals surface area contributed by atoms with Crippen molar-refractivity contribution in [1.82, 2.24) is 35.4 Å². The molecule has 0 aliphatic carbocycles. The fourth-order valence-corrected chi connectivity index (χ4v) is 4.19. The fourth-order valence-electron chi connectivity index (χ4n) is 4.19.